The molecule has 0 aliphatic carbocycles. The van der Waals surface area contributed by atoms with E-state index in [1.54, 1.807) is 50.4 Å². The third kappa shape index (κ3) is 7.06. The highest BCUT2D eigenvalue weighted by molar-refractivity contribution is 7.88. The lowest BCUT2D eigenvalue weighted by atomic mass is 9.91. The van der Waals surface area contributed by atoms with Crippen LogP contribution >= 0.6 is 0 Å². The summed E-state index contributed by atoms with van der Waals surface area (Å²) in [5.41, 5.74) is 1.92. The lowest BCUT2D eigenvalue weighted by molar-refractivity contribution is -0.140. The van der Waals surface area contributed by atoms with Crippen molar-refractivity contribution in [3.05, 3.63) is 54.0 Å². The van der Waals surface area contributed by atoms with Crippen molar-refractivity contribution in [2.24, 2.45) is 0 Å². The Kier molecular flexibility index (Phi) is 8.33. The molecule has 0 radical (unpaired) electrons. The highest BCUT2D eigenvalue weighted by atomic mass is 32.2. The topological polar surface area (TPSA) is 103 Å². The number of halogens is 3. The molecule has 0 saturated carbocycles. The highest BCUT2D eigenvalue weighted by Crippen LogP contribution is 2.31. The number of nitrogens with one attached hydrogen (secondary N) is 2. The highest BCUT2D eigenvalue weighted by Gasteiger charge is 2.30. The zero-order chi connectivity index (χ0) is 29.1. The first kappa shape index (κ1) is 29.2. The second-order valence-electron chi connectivity index (χ2n) is 10.4. The number of nitriles is 1. The van der Waals surface area contributed by atoms with E-state index in [1.807, 2.05) is 6.07 Å². The SMILES string of the molecule is CC(C)(C#N)c1ccc(NCC#Cc2cc3c(NC4CCN(S(C)(=O)=O)CC4)cccc3n2CC(F)(F)F)cn1. The van der Waals surface area contributed by atoms with Crippen LogP contribution in [-0.4, -0.2) is 60.4 Å². The van der Waals surface area contributed by atoms with E-state index in [2.05, 4.69) is 33.5 Å². The van der Waals surface area contributed by atoms with Crippen LogP contribution in [0.15, 0.2) is 42.6 Å². The lowest BCUT2D eigenvalue weighted by Crippen LogP contribution is -2.41. The Labute approximate surface area is 232 Å². The van der Waals surface area contributed by atoms with Gasteiger partial charge in [0.25, 0.3) is 0 Å². The van der Waals surface area contributed by atoms with E-state index in [4.69, 9.17) is 0 Å². The van der Waals surface area contributed by atoms with Gasteiger partial charge in [0.05, 0.1) is 53.1 Å². The van der Waals surface area contributed by atoms with Gasteiger partial charge in [0, 0.05) is 30.2 Å². The van der Waals surface area contributed by atoms with Gasteiger partial charge in [-0.05, 0) is 62.9 Å². The van der Waals surface area contributed by atoms with Gasteiger partial charge in [-0.15, -0.1) is 0 Å². The van der Waals surface area contributed by atoms with Crippen molar-refractivity contribution in [2.75, 3.05) is 36.5 Å². The zero-order valence-corrected chi connectivity index (χ0v) is 23.3. The fourth-order valence-electron chi connectivity index (χ4n) is 4.62. The van der Waals surface area contributed by atoms with E-state index < -0.39 is 28.2 Å². The molecule has 12 heteroatoms. The van der Waals surface area contributed by atoms with E-state index in [9.17, 15) is 26.9 Å². The zero-order valence-electron chi connectivity index (χ0n) is 22.5. The van der Waals surface area contributed by atoms with Crippen LogP contribution in [0, 0.1) is 23.2 Å². The number of anilines is 2. The molecule has 0 unspecified atom stereocenters. The molecule has 1 saturated heterocycles. The summed E-state index contributed by atoms with van der Waals surface area (Å²) in [6.45, 7) is 3.33. The molecular formula is C28H31F3N6O2S. The molecule has 2 aromatic heterocycles. The number of hydrogen-bond acceptors (Lipinski definition) is 6. The summed E-state index contributed by atoms with van der Waals surface area (Å²) >= 11 is 0. The smallest absolute Gasteiger partial charge is 0.382 e. The molecule has 1 aliphatic heterocycles. The van der Waals surface area contributed by atoms with Crippen molar-refractivity contribution < 1.29 is 21.6 Å². The molecule has 3 heterocycles. The van der Waals surface area contributed by atoms with Crippen LogP contribution in [0.1, 0.15) is 38.1 Å². The number of nitrogens with zero attached hydrogens (tertiary/aromatic N) is 4. The summed E-state index contributed by atoms with van der Waals surface area (Å²) in [5, 5.41) is 16.4. The molecule has 3 aromatic rings. The first-order chi connectivity index (χ1) is 18.8. The van der Waals surface area contributed by atoms with Crippen molar-refractivity contribution in [1.82, 2.24) is 13.9 Å². The molecule has 40 heavy (non-hydrogen) atoms. The normalized spacial score (nSPS) is 15.3. The number of aromatic nitrogens is 2. The Morgan fingerprint density at radius 2 is 1.88 bits per heavy atom. The predicted octanol–water partition coefficient (Wildman–Crippen LogP) is 4.70. The van der Waals surface area contributed by atoms with E-state index in [0.29, 0.717) is 53.9 Å². The molecule has 0 amide bonds. The van der Waals surface area contributed by atoms with Crippen molar-refractivity contribution in [2.45, 2.75) is 50.9 Å². The first-order valence-electron chi connectivity index (χ1n) is 12.8. The van der Waals surface area contributed by atoms with Crippen LogP contribution in [0.2, 0.25) is 0 Å². The van der Waals surface area contributed by atoms with Crippen molar-refractivity contribution in [3.8, 4) is 17.9 Å². The van der Waals surface area contributed by atoms with Gasteiger partial charge in [0.2, 0.25) is 10.0 Å². The maximum Gasteiger partial charge on any atom is 0.406 e. The van der Waals surface area contributed by atoms with Gasteiger partial charge in [-0.2, -0.15) is 18.4 Å². The first-order valence-corrected chi connectivity index (χ1v) is 14.6. The van der Waals surface area contributed by atoms with Gasteiger partial charge in [-0.1, -0.05) is 12.0 Å². The van der Waals surface area contributed by atoms with Gasteiger partial charge >= 0.3 is 6.18 Å². The number of pyridine rings is 1. The number of fused-ring (bicyclic) bond motifs is 1. The average molecular weight is 573 g/mol. The van der Waals surface area contributed by atoms with Gasteiger partial charge in [-0.3, -0.25) is 4.98 Å². The Morgan fingerprint density at radius 3 is 2.48 bits per heavy atom. The Morgan fingerprint density at radius 1 is 1.15 bits per heavy atom. The summed E-state index contributed by atoms with van der Waals surface area (Å²) in [5.74, 6) is 5.78. The Bertz CT molecular complexity index is 1570. The molecule has 2 N–H and O–H groups in total. The van der Waals surface area contributed by atoms with Crippen LogP contribution in [0.25, 0.3) is 10.9 Å². The van der Waals surface area contributed by atoms with Crippen molar-refractivity contribution >= 4 is 32.3 Å². The lowest BCUT2D eigenvalue weighted by Gasteiger charge is -2.31. The fourth-order valence-corrected chi connectivity index (χ4v) is 5.50. The molecule has 212 valence electrons. The van der Waals surface area contributed by atoms with Gasteiger partial charge in [0.15, 0.2) is 0 Å². The molecule has 0 bridgehead atoms. The molecular weight excluding hydrogens is 541 g/mol. The molecule has 0 atom stereocenters. The maximum atomic E-state index is 13.5. The predicted molar refractivity (Wildman–Crippen MR) is 149 cm³/mol. The molecule has 1 aliphatic rings. The van der Waals surface area contributed by atoms with E-state index in [-0.39, 0.29) is 18.3 Å². The summed E-state index contributed by atoms with van der Waals surface area (Å²) in [4.78, 5) is 4.31. The van der Waals surface area contributed by atoms with E-state index in [0.717, 1.165) is 0 Å². The average Bonchev–Trinajstić information content (AvgIpc) is 3.23. The number of rotatable bonds is 7. The minimum absolute atomic E-state index is 0.00738. The molecule has 8 nitrogen and oxygen atoms in total. The van der Waals surface area contributed by atoms with Crippen LogP contribution in [0.3, 0.4) is 0 Å². The van der Waals surface area contributed by atoms with Crippen LogP contribution in [0.4, 0.5) is 24.5 Å². The summed E-state index contributed by atoms with van der Waals surface area (Å²) in [7, 11) is -3.25. The quantitative estimate of drug-likeness (QED) is 0.398. The molecule has 1 aromatic carbocycles. The number of piperidine rings is 1. The number of hydrogen-bond donors (Lipinski definition) is 2. The summed E-state index contributed by atoms with van der Waals surface area (Å²) in [6, 6.07) is 12.5. The number of sulfonamides is 1. The van der Waals surface area contributed by atoms with Crippen LogP contribution < -0.4 is 10.6 Å². The molecule has 0 spiro atoms. The minimum atomic E-state index is -4.44. The van der Waals surface area contributed by atoms with Gasteiger partial charge in [0.1, 0.15) is 6.54 Å². The number of alkyl halides is 3. The van der Waals surface area contributed by atoms with Gasteiger partial charge < -0.3 is 15.2 Å². The Balaban J connectivity index is 1.53. The number of benzene rings is 1. The van der Waals surface area contributed by atoms with Crippen molar-refractivity contribution in [1.29, 1.82) is 5.26 Å². The third-order valence-corrected chi connectivity index (χ3v) is 8.15. The monoisotopic (exact) mass is 572 g/mol. The van der Waals surface area contributed by atoms with Gasteiger partial charge in [-0.25, -0.2) is 12.7 Å². The fraction of sp³-hybridized carbons (Fsp3) is 0.429. The van der Waals surface area contributed by atoms with Crippen LogP contribution in [0.5, 0.6) is 0 Å². The second-order valence-corrected chi connectivity index (χ2v) is 12.4. The third-order valence-electron chi connectivity index (χ3n) is 6.85. The Hall–Kier alpha value is -3.74. The van der Waals surface area contributed by atoms with Crippen LogP contribution in [-0.2, 0) is 22.0 Å². The summed E-state index contributed by atoms with van der Waals surface area (Å²) in [6.07, 6.45) is -0.473. The molecule has 1 fully saturated rings. The van der Waals surface area contributed by atoms with Crippen molar-refractivity contribution in [3.63, 3.8) is 0 Å². The second kappa shape index (κ2) is 11.4. The van der Waals surface area contributed by atoms with E-state index in [1.165, 1.54) is 15.1 Å². The standard InChI is InChI=1S/C28H31F3N6O2S/c1-27(2,18-32)26-10-9-21(17-34-26)33-13-5-6-22-16-23-24(7-4-8-25(23)37(22)19-28(29,30)31)35-20-11-14-36(15-12-20)40(3,38)39/h4,7-10,16-17,20,33,35H,11-15,19H2,1-3H3. The summed E-state index contributed by atoms with van der Waals surface area (Å²) < 4.78 is 66.7. The molecule has 4 rings (SSSR count). The minimum Gasteiger partial charge on any atom is -0.382 e. The largest absolute Gasteiger partial charge is 0.406 e. The van der Waals surface area contributed by atoms with E-state index >= 15 is 0 Å². The maximum absolute atomic E-state index is 13.5.